The van der Waals surface area contributed by atoms with Crippen molar-refractivity contribution in [1.82, 2.24) is 9.97 Å². The summed E-state index contributed by atoms with van der Waals surface area (Å²) in [5.74, 6) is 1.77. The lowest BCUT2D eigenvalue weighted by atomic mass is 10.1. The molecule has 1 aromatic heterocycles. The Morgan fingerprint density at radius 3 is 2.83 bits per heavy atom. The minimum absolute atomic E-state index is 0.0504. The van der Waals surface area contributed by atoms with Crippen molar-refractivity contribution in [2.24, 2.45) is 0 Å². The Morgan fingerprint density at radius 2 is 2.17 bits per heavy atom. The summed E-state index contributed by atoms with van der Waals surface area (Å²) in [5.41, 5.74) is 2.37. The molecule has 1 saturated carbocycles. The Bertz CT molecular complexity index is 766. The van der Waals surface area contributed by atoms with Gasteiger partial charge < -0.3 is 10.1 Å². The predicted octanol–water partition coefficient (Wildman–Crippen LogP) is 4.41. The SMILES string of the molecule is CC(C)Oc1cc(C2CC2)ccc1Nc1nc(Cl)ncc1C#N. The lowest BCUT2D eigenvalue weighted by Crippen LogP contribution is -2.08. The van der Waals surface area contributed by atoms with Crippen molar-refractivity contribution >= 4 is 23.1 Å². The summed E-state index contributed by atoms with van der Waals surface area (Å²) in [6.07, 6.45) is 3.91. The van der Waals surface area contributed by atoms with Crippen molar-refractivity contribution in [2.45, 2.75) is 38.7 Å². The van der Waals surface area contributed by atoms with Gasteiger partial charge in [0.25, 0.3) is 0 Å². The van der Waals surface area contributed by atoms with Crippen molar-refractivity contribution in [3.05, 3.63) is 40.8 Å². The second kappa shape index (κ2) is 6.43. The summed E-state index contributed by atoms with van der Waals surface area (Å²) in [6, 6.07) is 8.17. The smallest absolute Gasteiger partial charge is 0.224 e. The number of nitriles is 1. The molecule has 0 unspecified atom stereocenters. The average molecular weight is 329 g/mol. The highest BCUT2D eigenvalue weighted by molar-refractivity contribution is 6.28. The van der Waals surface area contributed by atoms with Crippen LogP contribution in [0, 0.1) is 11.3 Å². The van der Waals surface area contributed by atoms with E-state index < -0.39 is 0 Å². The van der Waals surface area contributed by atoms with E-state index in [1.165, 1.54) is 24.6 Å². The third-order valence-corrected chi connectivity index (χ3v) is 3.73. The van der Waals surface area contributed by atoms with Crippen LogP contribution >= 0.6 is 11.6 Å². The molecule has 1 heterocycles. The van der Waals surface area contributed by atoms with E-state index in [-0.39, 0.29) is 11.4 Å². The molecule has 3 rings (SSSR count). The third-order valence-electron chi connectivity index (χ3n) is 3.55. The first-order valence-electron chi connectivity index (χ1n) is 7.57. The van der Waals surface area contributed by atoms with Gasteiger partial charge in [-0.1, -0.05) is 6.07 Å². The highest BCUT2D eigenvalue weighted by Crippen LogP contribution is 2.43. The van der Waals surface area contributed by atoms with Gasteiger partial charge in [0, 0.05) is 0 Å². The minimum atomic E-state index is 0.0504. The van der Waals surface area contributed by atoms with E-state index >= 15 is 0 Å². The van der Waals surface area contributed by atoms with Crippen molar-refractivity contribution in [2.75, 3.05) is 5.32 Å². The predicted molar refractivity (Wildman–Crippen MR) is 89.2 cm³/mol. The molecule has 1 fully saturated rings. The third kappa shape index (κ3) is 3.72. The number of ether oxygens (including phenoxy) is 1. The Labute approximate surface area is 140 Å². The van der Waals surface area contributed by atoms with Gasteiger partial charge in [-0.3, -0.25) is 0 Å². The first kappa shape index (κ1) is 15.6. The van der Waals surface area contributed by atoms with E-state index in [1.54, 1.807) is 0 Å². The summed E-state index contributed by atoms with van der Waals surface area (Å²) in [7, 11) is 0. The van der Waals surface area contributed by atoms with Gasteiger partial charge in [0.1, 0.15) is 17.4 Å². The number of aromatic nitrogens is 2. The molecular weight excluding hydrogens is 312 g/mol. The molecule has 23 heavy (non-hydrogen) atoms. The van der Waals surface area contributed by atoms with Crippen LogP contribution in [0.5, 0.6) is 5.75 Å². The molecule has 2 aromatic rings. The van der Waals surface area contributed by atoms with Crippen LogP contribution in [0.25, 0.3) is 0 Å². The van der Waals surface area contributed by atoms with Gasteiger partial charge in [-0.25, -0.2) is 4.98 Å². The normalized spacial score (nSPS) is 13.7. The fourth-order valence-corrected chi connectivity index (χ4v) is 2.46. The van der Waals surface area contributed by atoms with E-state index in [9.17, 15) is 5.26 Å². The Morgan fingerprint density at radius 1 is 1.39 bits per heavy atom. The van der Waals surface area contributed by atoms with Crippen molar-refractivity contribution < 1.29 is 4.74 Å². The number of nitrogens with zero attached hydrogens (tertiary/aromatic N) is 3. The summed E-state index contributed by atoms with van der Waals surface area (Å²) in [6.45, 7) is 3.96. The van der Waals surface area contributed by atoms with Gasteiger partial charge in [0.2, 0.25) is 5.28 Å². The van der Waals surface area contributed by atoms with Gasteiger partial charge >= 0.3 is 0 Å². The molecule has 0 bridgehead atoms. The Balaban J connectivity index is 1.95. The van der Waals surface area contributed by atoms with Crippen LogP contribution in [0.3, 0.4) is 0 Å². The molecule has 0 spiro atoms. The van der Waals surface area contributed by atoms with Gasteiger partial charge in [-0.15, -0.1) is 0 Å². The maximum absolute atomic E-state index is 9.18. The molecule has 0 aliphatic heterocycles. The number of hydrogen-bond donors (Lipinski definition) is 1. The van der Waals surface area contributed by atoms with Crippen LogP contribution in [0.4, 0.5) is 11.5 Å². The molecule has 1 aliphatic carbocycles. The highest BCUT2D eigenvalue weighted by Gasteiger charge is 2.24. The lowest BCUT2D eigenvalue weighted by molar-refractivity contribution is 0.243. The first-order valence-corrected chi connectivity index (χ1v) is 7.95. The van der Waals surface area contributed by atoms with E-state index in [2.05, 4.69) is 33.5 Å². The molecular formula is C17H17ClN4O. The fourth-order valence-electron chi connectivity index (χ4n) is 2.33. The van der Waals surface area contributed by atoms with E-state index in [4.69, 9.17) is 16.3 Å². The largest absolute Gasteiger partial charge is 0.489 e. The van der Waals surface area contributed by atoms with E-state index in [1.807, 2.05) is 19.9 Å². The van der Waals surface area contributed by atoms with E-state index in [0.717, 1.165) is 11.4 Å². The maximum atomic E-state index is 9.18. The lowest BCUT2D eigenvalue weighted by Gasteiger charge is -2.17. The summed E-state index contributed by atoms with van der Waals surface area (Å²) < 4.78 is 5.92. The minimum Gasteiger partial charge on any atom is -0.489 e. The maximum Gasteiger partial charge on any atom is 0.224 e. The summed E-state index contributed by atoms with van der Waals surface area (Å²) in [4.78, 5) is 7.92. The number of hydrogen-bond acceptors (Lipinski definition) is 5. The second-order valence-corrected chi connectivity index (χ2v) is 6.17. The summed E-state index contributed by atoms with van der Waals surface area (Å²) >= 11 is 5.84. The van der Waals surface area contributed by atoms with Gasteiger partial charge in [-0.05, 0) is 61.9 Å². The molecule has 0 saturated heterocycles. The van der Waals surface area contributed by atoms with Crippen LogP contribution in [0.1, 0.15) is 43.7 Å². The molecule has 6 heteroatoms. The second-order valence-electron chi connectivity index (χ2n) is 5.83. The van der Waals surface area contributed by atoms with Crippen LogP contribution in [-0.2, 0) is 0 Å². The van der Waals surface area contributed by atoms with Gasteiger partial charge in [-0.2, -0.15) is 10.2 Å². The molecule has 0 amide bonds. The average Bonchev–Trinajstić information content (AvgIpc) is 3.33. The number of rotatable bonds is 5. The number of nitrogens with one attached hydrogen (secondary N) is 1. The fraction of sp³-hybridized carbons (Fsp3) is 0.353. The zero-order valence-electron chi connectivity index (χ0n) is 13.0. The highest BCUT2D eigenvalue weighted by atomic mass is 35.5. The van der Waals surface area contributed by atoms with Crippen molar-refractivity contribution in [3.63, 3.8) is 0 Å². The van der Waals surface area contributed by atoms with Crippen LogP contribution in [-0.4, -0.2) is 16.1 Å². The molecule has 0 radical (unpaired) electrons. The van der Waals surface area contributed by atoms with Crippen LogP contribution in [0.15, 0.2) is 24.4 Å². The number of benzene rings is 1. The summed E-state index contributed by atoms with van der Waals surface area (Å²) in [5, 5.41) is 12.4. The molecule has 1 N–H and O–H groups in total. The molecule has 118 valence electrons. The zero-order chi connectivity index (χ0) is 16.4. The van der Waals surface area contributed by atoms with Crippen molar-refractivity contribution in [3.8, 4) is 11.8 Å². The van der Waals surface area contributed by atoms with Gasteiger partial charge in [0.15, 0.2) is 5.82 Å². The first-order chi connectivity index (χ1) is 11.1. The molecule has 5 nitrogen and oxygen atoms in total. The molecule has 1 aromatic carbocycles. The van der Waals surface area contributed by atoms with Crippen molar-refractivity contribution in [1.29, 1.82) is 5.26 Å². The topological polar surface area (TPSA) is 70.8 Å². The Kier molecular flexibility index (Phi) is 4.35. The standard InChI is InChI=1S/C17H17ClN4O/c1-10(2)23-15-7-12(11-3-4-11)5-6-14(15)21-16-13(8-19)9-20-17(18)22-16/h5-7,9-11H,3-4H2,1-2H3,(H,20,21,22). The zero-order valence-corrected chi connectivity index (χ0v) is 13.8. The molecule has 1 aliphatic rings. The number of anilines is 2. The molecule has 0 atom stereocenters. The van der Waals surface area contributed by atoms with Crippen LogP contribution in [0.2, 0.25) is 5.28 Å². The monoisotopic (exact) mass is 328 g/mol. The quantitative estimate of drug-likeness (QED) is 0.823. The number of halogens is 1. The van der Waals surface area contributed by atoms with E-state index in [0.29, 0.717) is 17.3 Å². The van der Waals surface area contributed by atoms with Gasteiger partial charge in [0.05, 0.1) is 18.0 Å². The Hall–Kier alpha value is -2.32. The van der Waals surface area contributed by atoms with Crippen LogP contribution < -0.4 is 10.1 Å².